The van der Waals surface area contributed by atoms with E-state index in [0.717, 1.165) is 6.42 Å². The highest BCUT2D eigenvalue weighted by Gasteiger charge is 2.24. The first kappa shape index (κ1) is 14.5. The first-order chi connectivity index (χ1) is 7.58. The van der Waals surface area contributed by atoms with Crippen molar-refractivity contribution in [2.24, 2.45) is 5.92 Å². The summed E-state index contributed by atoms with van der Waals surface area (Å²) in [5.41, 5.74) is 0. The normalized spacial score (nSPS) is 11.6. The highest BCUT2D eigenvalue weighted by molar-refractivity contribution is 5.81. The third-order valence-electron chi connectivity index (χ3n) is 2.40. The molecule has 0 rings (SSSR count). The average Bonchev–Trinajstić information content (AvgIpc) is 2.25. The number of amides is 1. The Bertz CT molecular complexity index is 298. The van der Waals surface area contributed by atoms with Gasteiger partial charge in [-0.15, -0.1) is 0 Å². The minimum absolute atomic E-state index is 0.0357. The van der Waals surface area contributed by atoms with Crippen molar-refractivity contribution < 1.29 is 4.79 Å². The quantitative estimate of drug-likeness (QED) is 0.689. The molecular weight excluding hydrogens is 202 g/mol. The minimum atomic E-state index is -0.564. The molecule has 0 saturated heterocycles. The molecule has 1 unspecified atom stereocenters. The molecule has 0 aliphatic carbocycles. The molecule has 0 saturated carbocycles. The fourth-order valence-corrected chi connectivity index (χ4v) is 1.53. The van der Waals surface area contributed by atoms with Gasteiger partial charge in [-0.1, -0.05) is 13.3 Å². The van der Waals surface area contributed by atoms with Crippen LogP contribution in [0.15, 0.2) is 0 Å². The molecule has 88 valence electrons. The smallest absolute Gasteiger partial charge is 0.240 e. The SMILES string of the molecule is CCCC(C#N)C(=O)N(CCC#N)C(C)C. The highest BCUT2D eigenvalue weighted by atomic mass is 16.2. The molecule has 0 N–H and O–H groups in total. The Morgan fingerprint density at radius 2 is 2.00 bits per heavy atom. The summed E-state index contributed by atoms with van der Waals surface area (Å²) in [5.74, 6) is -0.708. The largest absolute Gasteiger partial charge is 0.338 e. The molecule has 1 atom stereocenters. The van der Waals surface area contributed by atoms with Crippen molar-refractivity contribution >= 4 is 5.91 Å². The highest BCUT2D eigenvalue weighted by Crippen LogP contribution is 2.12. The van der Waals surface area contributed by atoms with Crippen LogP contribution in [0.5, 0.6) is 0 Å². The van der Waals surface area contributed by atoms with E-state index in [4.69, 9.17) is 10.5 Å². The predicted molar refractivity (Wildman–Crippen MR) is 61.1 cm³/mol. The Kier molecular flexibility index (Phi) is 6.96. The number of carbonyl (C=O) groups is 1. The van der Waals surface area contributed by atoms with Crippen LogP contribution in [0.2, 0.25) is 0 Å². The summed E-state index contributed by atoms with van der Waals surface area (Å²) < 4.78 is 0. The molecule has 0 radical (unpaired) electrons. The molecule has 0 bridgehead atoms. The van der Waals surface area contributed by atoms with E-state index in [1.54, 1.807) is 4.90 Å². The summed E-state index contributed by atoms with van der Waals surface area (Å²) in [6, 6.07) is 4.10. The predicted octanol–water partition coefficient (Wildman–Crippen LogP) is 2.08. The monoisotopic (exact) mass is 221 g/mol. The van der Waals surface area contributed by atoms with E-state index in [0.29, 0.717) is 19.4 Å². The second-order valence-corrected chi connectivity index (χ2v) is 4.00. The third kappa shape index (κ3) is 4.31. The minimum Gasteiger partial charge on any atom is -0.338 e. The number of rotatable bonds is 6. The number of hydrogen-bond acceptors (Lipinski definition) is 3. The summed E-state index contributed by atoms with van der Waals surface area (Å²) in [7, 11) is 0. The molecule has 0 heterocycles. The summed E-state index contributed by atoms with van der Waals surface area (Å²) in [6.07, 6.45) is 1.72. The van der Waals surface area contributed by atoms with Crippen LogP contribution >= 0.6 is 0 Å². The van der Waals surface area contributed by atoms with Crippen molar-refractivity contribution in [2.75, 3.05) is 6.54 Å². The van der Waals surface area contributed by atoms with Crippen LogP contribution in [0.4, 0.5) is 0 Å². The van der Waals surface area contributed by atoms with E-state index < -0.39 is 5.92 Å². The van der Waals surface area contributed by atoms with Gasteiger partial charge in [-0.25, -0.2) is 0 Å². The summed E-state index contributed by atoms with van der Waals surface area (Å²) in [5, 5.41) is 17.4. The van der Waals surface area contributed by atoms with Gasteiger partial charge >= 0.3 is 0 Å². The van der Waals surface area contributed by atoms with Gasteiger partial charge in [0.25, 0.3) is 0 Å². The Morgan fingerprint density at radius 1 is 1.38 bits per heavy atom. The van der Waals surface area contributed by atoms with Crippen LogP contribution in [0.25, 0.3) is 0 Å². The van der Waals surface area contributed by atoms with Crippen LogP contribution in [0, 0.1) is 28.6 Å². The van der Waals surface area contributed by atoms with E-state index in [-0.39, 0.29) is 11.9 Å². The maximum Gasteiger partial charge on any atom is 0.240 e. The van der Waals surface area contributed by atoms with E-state index in [1.807, 2.05) is 32.9 Å². The summed E-state index contributed by atoms with van der Waals surface area (Å²) in [4.78, 5) is 13.6. The van der Waals surface area contributed by atoms with Crippen LogP contribution in [0.1, 0.15) is 40.0 Å². The van der Waals surface area contributed by atoms with Crippen molar-refractivity contribution in [3.63, 3.8) is 0 Å². The lowest BCUT2D eigenvalue weighted by molar-refractivity contribution is -0.135. The van der Waals surface area contributed by atoms with Gasteiger partial charge < -0.3 is 4.90 Å². The van der Waals surface area contributed by atoms with Gasteiger partial charge in [0.05, 0.1) is 18.6 Å². The zero-order chi connectivity index (χ0) is 12.6. The topological polar surface area (TPSA) is 67.9 Å². The van der Waals surface area contributed by atoms with Gasteiger partial charge in [-0.2, -0.15) is 10.5 Å². The van der Waals surface area contributed by atoms with Crippen LogP contribution in [0.3, 0.4) is 0 Å². The Balaban J connectivity index is 4.60. The van der Waals surface area contributed by atoms with Crippen LogP contribution < -0.4 is 0 Å². The fraction of sp³-hybridized carbons (Fsp3) is 0.750. The van der Waals surface area contributed by atoms with Gasteiger partial charge in [0, 0.05) is 12.6 Å². The Labute approximate surface area is 97.5 Å². The molecular formula is C12H19N3O. The number of nitriles is 2. The number of hydrogen-bond donors (Lipinski definition) is 0. The van der Waals surface area contributed by atoms with Crippen molar-refractivity contribution in [1.29, 1.82) is 10.5 Å². The van der Waals surface area contributed by atoms with Crippen molar-refractivity contribution in [3.05, 3.63) is 0 Å². The van der Waals surface area contributed by atoms with Crippen molar-refractivity contribution in [1.82, 2.24) is 4.90 Å². The molecule has 4 nitrogen and oxygen atoms in total. The van der Waals surface area contributed by atoms with Crippen molar-refractivity contribution in [2.45, 2.75) is 46.1 Å². The van der Waals surface area contributed by atoms with Gasteiger partial charge in [0.15, 0.2) is 0 Å². The average molecular weight is 221 g/mol. The van der Waals surface area contributed by atoms with Gasteiger partial charge in [0.2, 0.25) is 5.91 Å². The molecule has 0 aromatic rings. The molecule has 4 heteroatoms. The maximum absolute atomic E-state index is 12.0. The molecule has 0 aliphatic rings. The summed E-state index contributed by atoms with van der Waals surface area (Å²) in [6.45, 7) is 6.16. The molecule has 0 aromatic carbocycles. The standard InChI is InChI=1S/C12H19N3O/c1-4-6-11(9-14)12(16)15(10(2)3)8-5-7-13/h10-11H,4-6,8H2,1-3H3. The summed E-state index contributed by atoms with van der Waals surface area (Å²) >= 11 is 0. The molecule has 0 aliphatic heterocycles. The number of nitrogens with zero attached hydrogens (tertiary/aromatic N) is 3. The maximum atomic E-state index is 12.0. The first-order valence-electron chi connectivity index (χ1n) is 5.65. The van der Waals surface area contributed by atoms with Gasteiger partial charge in [-0.05, 0) is 20.3 Å². The Hall–Kier alpha value is -1.55. The third-order valence-corrected chi connectivity index (χ3v) is 2.40. The van der Waals surface area contributed by atoms with Crippen LogP contribution in [-0.4, -0.2) is 23.4 Å². The van der Waals surface area contributed by atoms with Crippen LogP contribution in [-0.2, 0) is 4.79 Å². The molecule has 0 aromatic heterocycles. The lowest BCUT2D eigenvalue weighted by Crippen LogP contribution is -2.41. The van der Waals surface area contributed by atoms with E-state index >= 15 is 0 Å². The van der Waals surface area contributed by atoms with E-state index in [1.165, 1.54) is 0 Å². The first-order valence-corrected chi connectivity index (χ1v) is 5.65. The zero-order valence-corrected chi connectivity index (χ0v) is 10.2. The Morgan fingerprint density at radius 3 is 2.38 bits per heavy atom. The lowest BCUT2D eigenvalue weighted by Gasteiger charge is -2.27. The van der Waals surface area contributed by atoms with Gasteiger partial charge in [-0.3, -0.25) is 4.79 Å². The van der Waals surface area contributed by atoms with E-state index in [2.05, 4.69) is 0 Å². The molecule has 16 heavy (non-hydrogen) atoms. The number of carbonyl (C=O) groups excluding carboxylic acids is 1. The molecule has 0 spiro atoms. The fourth-order valence-electron chi connectivity index (χ4n) is 1.53. The molecule has 1 amide bonds. The van der Waals surface area contributed by atoms with Gasteiger partial charge in [0.1, 0.15) is 5.92 Å². The van der Waals surface area contributed by atoms with E-state index in [9.17, 15) is 4.79 Å². The second kappa shape index (κ2) is 7.70. The molecule has 0 fully saturated rings. The zero-order valence-electron chi connectivity index (χ0n) is 10.2. The van der Waals surface area contributed by atoms with Crippen molar-refractivity contribution in [3.8, 4) is 12.1 Å². The second-order valence-electron chi connectivity index (χ2n) is 4.00. The lowest BCUT2D eigenvalue weighted by atomic mass is 10.0.